The van der Waals surface area contributed by atoms with Crippen molar-refractivity contribution in [2.45, 2.75) is 84.2 Å². The van der Waals surface area contributed by atoms with Crippen molar-refractivity contribution in [1.82, 2.24) is 10.2 Å². The second-order valence-corrected chi connectivity index (χ2v) is 8.02. The Morgan fingerprint density at radius 3 is 2.00 bits per heavy atom. The number of carbonyl (C=O) groups excluding carboxylic acids is 3. The number of piperidine rings is 1. The summed E-state index contributed by atoms with van der Waals surface area (Å²) < 4.78 is 15.5. The number of hydrogen-bond acceptors (Lipinski definition) is 6. The van der Waals surface area contributed by atoms with Crippen molar-refractivity contribution in [1.29, 1.82) is 0 Å². The molecule has 0 aromatic carbocycles. The van der Waals surface area contributed by atoms with Crippen LogP contribution >= 0.6 is 0 Å². The summed E-state index contributed by atoms with van der Waals surface area (Å²) in [6.45, 7) is 10.4. The lowest BCUT2D eigenvalue weighted by Gasteiger charge is -2.41. The first-order valence-corrected chi connectivity index (χ1v) is 8.43. The molecule has 1 fully saturated rings. The van der Waals surface area contributed by atoms with Crippen LogP contribution in [0.1, 0.15) is 60.8 Å². The minimum atomic E-state index is -0.812. The topological polar surface area (TPSA) is 94.2 Å². The molecular formula is C17H30N2O6. The van der Waals surface area contributed by atoms with Crippen molar-refractivity contribution in [2.24, 2.45) is 0 Å². The van der Waals surface area contributed by atoms with Crippen LogP contribution in [0, 0.1) is 0 Å². The summed E-state index contributed by atoms with van der Waals surface area (Å²) in [4.78, 5) is 38.1. The summed E-state index contributed by atoms with van der Waals surface area (Å²) in [5.41, 5.74) is -1.40. The highest BCUT2D eigenvalue weighted by Gasteiger charge is 2.42. The Bertz CT molecular complexity index is 506. The van der Waals surface area contributed by atoms with Gasteiger partial charge in [0.15, 0.2) is 0 Å². The molecule has 0 bridgehead atoms. The zero-order chi connectivity index (χ0) is 19.4. The molecule has 1 heterocycles. The second kappa shape index (κ2) is 7.93. The third kappa shape index (κ3) is 6.80. The summed E-state index contributed by atoms with van der Waals surface area (Å²) in [6, 6.07) is -0.812. The molecule has 0 radical (unpaired) electrons. The Kier molecular flexibility index (Phi) is 6.68. The molecular weight excluding hydrogens is 328 g/mol. The van der Waals surface area contributed by atoms with Crippen molar-refractivity contribution < 1.29 is 28.6 Å². The van der Waals surface area contributed by atoms with E-state index >= 15 is 0 Å². The maximum Gasteiger partial charge on any atom is 0.412 e. The van der Waals surface area contributed by atoms with Gasteiger partial charge in [0.1, 0.15) is 23.4 Å². The first kappa shape index (κ1) is 21.1. The van der Waals surface area contributed by atoms with E-state index in [9.17, 15) is 14.4 Å². The Labute approximate surface area is 149 Å². The van der Waals surface area contributed by atoms with Crippen LogP contribution in [-0.4, -0.2) is 53.6 Å². The molecule has 1 rings (SSSR count). The molecule has 8 nitrogen and oxygen atoms in total. The zero-order valence-corrected chi connectivity index (χ0v) is 16.2. The Morgan fingerprint density at radius 1 is 0.960 bits per heavy atom. The van der Waals surface area contributed by atoms with Crippen molar-refractivity contribution in [2.75, 3.05) is 7.11 Å². The van der Waals surface area contributed by atoms with Gasteiger partial charge in [0.2, 0.25) is 0 Å². The van der Waals surface area contributed by atoms with Gasteiger partial charge in [-0.1, -0.05) is 0 Å². The summed E-state index contributed by atoms with van der Waals surface area (Å²) in [5.74, 6) is -0.540. The number of nitrogens with zero attached hydrogens (tertiary/aromatic N) is 1. The number of amides is 2. The Hall–Kier alpha value is -1.99. The summed E-state index contributed by atoms with van der Waals surface area (Å²) >= 11 is 0. The number of alkyl carbamates (subject to hydrolysis) is 1. The van der Waals surface area contributed by atoms with Gasteiger partial charge in [-0.25, -0.2) is 14.4 Å². The molecule has 2 amide bonds. The van der Waals surface area contributed by atoms with E-state index in [-0.39, 0.29) is 0 Å². The molecule has 0 aromatic heterocycles. The van der Waals surface area contributed by atoms with Crippen molar-refractivity contribution in [3.63, 3.8) is 0 Å². The molecule has 1 saturated heterocycles. The molecule has 8 heteroatoms. The Balaban J connectivity index is 3.00. The number of rotatable bonds is 2. The summed E-state index contributed by atoms with van der Waals surface area (Å²) in [6.07, 6.45) is -0.452. The highest BCUT2D eigenvalue weighted by molar-refractivity contribution is 5.82. The maximum atomic E-state index is 12.6. The van der Waals surface area contributed by atoms with Gasteiger partial charge in [0.05, 0.1) is 7.11 Å². The van der Waals surface area contributed by atoms with E-state index in [1.807, 2.05) is 0 Å². The standard InChI is InChI=1S/C17H30N2O6/c1-16(2,3)24-14(21)18-12-10-8-9-11(13(20)23-7)19(12)15(22)25-17(4,5)6/h11-12H,8-10H2,1-7H3,(H,18,21)/t11-,12+/m0/s1. The van der Waals surface area contributed by atoms with Crippen LogP contribution in [0.3, 0.4) is 0 Å². The van der Waals surface area contributed by atoms with Crippen LogP contribution in [0.5, 0.6) is 0 Å². The van der Waals surface area contributed by atoms with Gasteiger partial charge in [-0.05, 0) is 60.8 Å². The number of ether oxygens (including phenoxy) is 3. The fourth-order valence-corrected chi connectivity index (χ4v) is 2.52. The van der Waals surface area contributed by atoms with Crippen LogP contribution in [-0.2, 0) is 19.0 Å². The molecule has 0 aliphatic carbocycles. The van der Waals surface area contributed by atoms with E-state index in [1.54, 1.807) is 41.5 Å². The molecule has 2 atom stereocenters. The van der Waals surface area contributed by atoms with Crippen LogP contribution in [0.15, 0.2) is 0 Å². The van der Waals surface area contributed by atoms with E-state index in [0.29, 0.717) is 19.3 Å². The minimum absolute atomic E-state index is 0.443. The van der Waals surface area contributed by atoms with E-state index in [0.717, 1.165) is 0 Å². The molecule has 1 aliphatic heterocycles. The molecule has 1 N–H and O–H groups in total. The lowest BCUT2D eigenvalue weighted by atomic mass is 10.00. The van der Waals surface area contributed by atoms with Crippen LogP contribution in [0.2, 0.25) is 0 Å². The van der Waals surface area contributed by atoms with Gasteiger partial charge < -0.3 is 19.5 Å². The molecule has 0 unspecified atom stereocenters. The van der Waals surface area contributed by atoms with Crippen LogP contribution in [0.25, 0.3) is 0 Å². The highest BCUT2D eigenvalue weighted by atomic mass is 16.6. The first-order valence-electron chi connectivity index (χ1n) is 8.43. The summed E-state index contributed by atoms with van der Waals surface area (Å²) in [7, 11) is 1.26. The minimum Gasteiger partial charge on any atom is -0.467 e. The molecule has 0 saturated carbocycles. The van der Waals surface area contributed by atoms with E-state index in [1.165, 1.54) is 12.0 Å². The van der Waals surface area contributed by atoms with Crippen molar-refractivity contribution in [3.05, 3.63) is 0 Å². The molecule has 0 aromatic rings. The lowest BCUT2D eigenvalue weighted by Crippen LogP contribution is -2.60. The number of nitrogens with one attached hydrogen (secondary N) is 1. The van der Waals surface area contributed by atoms with Gasteiger partial charge in [0.25, 0.3) is 0 Å². The maximum absolute atomic E-state index is 12.6. The van der Waals surface area contributed by atoms with Gasteiger partial charge >= 0.3 is 18.2 Å². The smallest absolute Gasteiger partial charge is 0.412 e. The van der Waals surface area contributed by atoms with Gasteiger partial charge in [-0.3, -0.25) is 4.90 Å². The van der Waals surface area contributed by atoms with Gasteiger partial charge in [0, 0.05) is 0 Å². The third-order valence-corrected chi connectivity index (χ3v) is 3.39. The highest BCUT2D eigenvalue weighted by Crippen LogP contribution is 2.25. The van der Waals surface area contributed by atoms with Crippen LogP contribution < -0.4 is 5.32 Å². The predicted octanol–water partition coefficient (Wildman–Crippen LogP) is 2.80. The van der Waals surface area contributed by atoms with Crippen molar-refractivity contribution in [3.8, 4) is 0 Å². The largest absolute Gasteiger partial charge is 0.467 e. The number of hydrogen-bond donors (Lipinski definition) is 1. The van der Waals surface area contributed by atoms with Crippen LogP contribution in [0.4, 0.5) is 9.59 Å². The zero-order valence-electron chi connectivity index (χ0n) is 16.2. The van der Waals surface area contributed by atoms with Gasteiger partial charge in [-0.2, -0.15) is 0 Å². The third-order valence-electron chi connectivity index (χ3n) is 3.39. The van der Waals surface area contributed by atoms with E-state index in [4.69, 9.17) is 14.2 Å². The summed E-state index contributed by atoms with van der Waals surface area (Å²) in [5, 5.41) is 2.66. The second-order valence-electron chi connectivity index (χ2n) is 8.02. The average Bonchev–Trinajstić information content (AvgIpc) is 2.42. The fourth-order valence-electron chi connectivity index (χ4n) is 2.52. The Morgan fingerprint density at radius 2 is 1.52 bits per heavy atom. The number of carbonyl (C=O) groups is 3. The number of esters is 1. The monoisotopic (exact) mass is 358 g/mol. The molecule has 1 aliphatic rings. The predicted molar refractivity (Wildman–Crippen MR) is 90.9 cm³/mol. The molecule has 0 spiro atoms. The van der Waals surface area contributed by atoms with Crippen molar-refractivity contribution >= 4 is 18.2 Å². The van der Waals surface area contributed by atoms with Gasteiger partial charge in [-0.15, -0.1) is 0 Å². The fraction of sp³-hybridized carbons (Fsp3) is 0.824. The normalized spacial score (nSPS) is 21.3. The number of likely N-dealkylation sites (tertiary alicyclic amines) is 1. The molecule has 25 heavy (non-hydrogen) atoms. The van der Waals surface area contributed by atoms with E-state index < -0.39 is 41.6 Å². The average molecular weight is 358 g/mol. The lowest BCUT2D eigenvalue weighted by molar-refractivity contribution is -0.149. The molecule has 144 valence electrons. The first-order chi connectivity index (χ1) is 11.3. The SMILES string of the molecule is COC(=O)[C@@H]1CCC[C@H](NC(=O)OC(C)(C)C)N1C(=O)OC(C)(C)C. The number of methoxy groups -OCH3 is 1. The van der Waals surface area contributed by atoms with E-state index in [2.05, 4.69) is 5.32 Å². The quantitative estimate of drug-likeness (QED) is 0.602.